The molecule has 1 rings (SSSR count). The summed E-state index contributed by atoms with van der Waals surface area (Å²) in [5, 5.41) is 3.27. The Morgan fingerprint density at radius 3 is 2.79 bits per heavy atom. The molecule has 0 saturated carbocycles. The van der Waals surface area contributed by atoms with Gasteiger partial charge in [-0.3, -0.25) is 0 Å². The van der Waals surface area contributed by atoms with Crippen molar-refractivity contribution >= 4 is 31.9 Å². The van der Waals surface area contributed by atoms with Gasteiger partial charge in [0.15, 0.2) is 0 Å². The van der Waals surface area contributed by atoms with E-state index in [1.165, 1.54) is 5.56 Å². The predicted octanol–water partition coefficient (Wildman–Crippen LogP) is 4.05. The molecule has 14 heavy (non-hydrogen) atoms. The number of rotatable bonds is 4. The van der Waals surface area contributed by atoms with E-state index in [2.05, 4.69) is 49.8 Å². The summed E-state index contributed by atoms with van der Waals surface area (Å²) in [6.45, 7) is 3.76. The Hall–Kier alpha value is -0.120. The maximum atomic E-state index is 3.76. The molecule has 1 atom stereocenters. The van der Waals surface area contributed by atoms with Gasteiger partial charge in [-0.1, -0.05) is 37.9 Å². The summed E-state index contributed by atoms with van der Waals surface area (Å²) >= 11 is 7.02. The smallest absolute Gasteiger partial charge is 0.0364 e. The van der Waals surface area contributed by atoms with Gasteiger partial charge >= 0.3 is 0 Å². The van der Waals surface area contributed by atoms with Gasteiger partial charge in [-0.2, -0.15) is 0 Å². The van der Waals surface area contributed by atoms with Gasteiger partial charge < -0.3 is 5.32 Å². The molecule has 0 fully saturated rings. The van der Waals surface area contributed by atoms with Gasteiger partial charge in [0.1, 0.15) is 0 Å². The van der Waals surface area contributed by atoms with Crippen LogP contribution in [0.4, 0.5) is 0 Å². The molecule has 76 valence electrons. The van der Waals surface area contributed by atoms with Gasteiger partial charge in [-0.15, -0.1) is 6.58 Å². The third-order valence-electron chi connectivity index (χ3n) is 2.08. The molecule has 1 aromatic rings. The molecule has 0 aliphatic rings. The molecule has 0 bridgehead atoms. The normalized spacial score (nSPS) is 12.5. The number of hydrogen-bond acceptors (Lipinski definition) is 1. The van der Waals surface area contributed by atoms with Crippen molar-refractivity contribution < 1.29 is 0 Å². The standard InChI is InChI=1S/C11H13Br2N/c1-3-4-11(14-2)9-7-8(12)5-6-10(9)13/h3,5-7,11,14H,1,4H2,2H3. The molecule has 1 aromatic carbocycles. The fourth-order valence-corrected chi connectivity index (χ4v) is 2.25. The van der Waals surface area contributed by atoms with Crippen molar-refractivity contribution in [1.29, 1.82) is 0 Å². The summed E-state index contributed by atoms with van der Waals surface area (Å²) in [5.41, 5.74) is 1.25. The molecule has 0 saturated heterocycles. The highest BCUT2D eigenvalue weighted by molar-refractivity contribution is 9.11. The van der Waals surface area contributed by atoms with Crippen LogP contribution in [0.2, 0.25) is 0 Å². The minimum absolute atomic E-state index is 0.319. The molecule has 0 radical (unpaired) electrons. The SMILES string of the molecule is C=CCC(NC)c1cc(Br)ccc1Br. The van der Waals surface area contributed by atoms with Crippen LogP contribution in [0.3, 0.4) is 0 Å². The molecule has 0 heterocycles. The monoisotopic (exact) mass is 317 g/mol. The van der Waals surface area contributed by atoms with Crippen molar-refractivity contribution in [2.75, 3.05) is 7.05 Å². The number of benzene rings is 1. The van der Waals surface area contributed by atoms with E-state index in [4.69, 9.17) is 0 Å². The lowest BCUT2D eigenvalue weighted by Crippen LogP contribution is -2.15. The first kappa shape index (κ1) is 12.0. The van der Waals surface area contributed by atoms with Crippen molar-refractivity contribution in [2.24, 2.45) is 0 Å². The lowest BCUT2D eigenvalue weighted by Gasteiger charge is -2.16. The molecule has 0 amide bonds. The van der Waals surface area contributed by atoms with Crippen molar-refractivity contribution in [1.82, 2.24) is 5.32 Å². The Morgan fingerprint density at radius 1 is 1.50 bits per heavy atom. The van der Waals surface area contributed by atoms with Crippen molar-refractivity contribution in [3.05, 3.63) is 45.4 Å². The number of halogens is 2. The second kappa shape index (κ2) is 5.69. The summed E-state index contributed by atoms with van der Waals surface area (Å²) in [6.07, 6.45) is 2.85. The van der Waals surface area contributed by atoms with Crippen molar-refractivity contribution in [3.63, 3.8) is 0 Å². The van der Waals surface area contributed by atoms with Crippen LogP contribution >= 0.6 is 31.9 Å². The third-order valence-corrected chi connectivity index (χ3v) is 3.30. The van der Waals surface area contributed by atoms with E-state index in [1.54, 1.807) is 0 Å². The minimum atomic E-state index is 0.319. The van der Waals surface area contributed by atoms with Crippen LogP contribution in [-0.4, -0.2) is 7.05 Å². The number of nitrogens with one attached hydrogen (secondary N) is 1. The van der Waals surface area contributed by atoms with Gasteiger partial charge in [-0.25, -0.2) is 0 Å². The quantitative estimate of drug-likeness (QED) is 0.826. The van der Waals surface area contributed by atoms with E-state index in [1.807, 2.05) is 25.3 Å². The second-order valence-electron chi connectivity index (χ2n) is 3.03. The van der Waals surface area contributed by atoms with Crippen LogP contribution in [0.1, 0.15) is 18.0 Å². The topological polar surface area (TPSA) is 12.0 Å². The highest BCUT2D eigenvalue weighted by Crippen LogP contribution is 2.28. The molecule has 0 spiro atoms. The Bertz CT molecular complexity index is 323. The van der Waals surface area contributed by atoms with Gasteiger partial charge in [-0.05, 0) is 37.2 Å². The Kier molecular flexibility index (Phi) is 4.85. The zero-order valence-corrected chi connectivity index (χ0v) is 11.2. The van der Waals surface area contributed by atoms with Crippen LogP contribution in [0.25, 0.3) is 0 Å². The van der Waals surface area contributed by atoms with Gasteiger partial charge in [0, 0.05) is 15.0 Å². The summed E-state index contributed by atoms with van der Waals surface area (Å²) in [5.74, 6) is 0. The lowest BCUT2D eigenvalue weighted by atomic mass is 10.0. The van der Waals surface area contributed by atoms with Crippen LogP contribution in [0.15, 0.2) is 39.8 Å². The molecule has 1 nitrogen and oxygen atoms in total. The summed E-state index contributed by atoms with van der Waals surface area (Å²) in [7, 11) is 1.96. The maximum absolute atomic E-state index is 3.76. The Balaban J connectivity index is 3.01. The van der Waals surface area contributed by atoms with E-state index >= 15 is 0 Å². The average Bonchev–Trinajstić information content (AvgIpc) is 2.18. The molecule has 0 aliphatic heterocycles. The van der Waals surface area contributed by atoms with Crippen LogP contribution in [0, 0.1) is 0 Å². The number of hydrogen-bond donors (Lipinski definition) is 1. The van der Waals surface area contributed by atoms with Gasteiger partial charge in [0.05, 0.1) is 0 Å². The van der Waals surface area contributed by atoms with Crippen LogP contribution in [-0.2, 0) is 0 Å². The van der Waals surface area contributed by atoms with Gasteiger partial charge in [0.25, 0.3) is 0 Å². The zero-order valence-electron chi connectivity index (χ0n) is 8.06. The first-order valence-corrected chi connectivity index (χ1v) is 6.00. The molecule has 0 aromatic heterocycles. The maximum Gasteiger partial charge on any atom is 0.0364 e. The first-order valence-electron chi connectivity index (χ1n) is 4.42. The van der Waals surface area contributed by atoms with E-state index in [0.29, 0.717) is 6.04 Å². The van der Waals surface area contributed by atoms with E-state index in [9.17, 15) is 0 Å². The zero-order chi connectivity index (χ0) is 10.6. The first-order chi connectivity index (χ1) is 6.69. The van der Waals surface area contributed by atoms with Crippen LogP contribution < -0.4 is 5.32 Å². The molecule has 3 heteroatoms. The summed E-state index contributed by atoms with van der Waals surface area (Å²) in [4.78, 5) is 0. The van der Waals surface area contributed by atoms with Crippen LogP contribution in [0.5, 0.6) is 0 Å². The van der Waals surface area contributed by atoms with Crippen molar-refractivity contribution in [3.8, 4) is 0 Å². The highest BCUT2D eigenvalue weighted by atomic mass is 79.9. The largest absolute Gasteiger partial charge is 0.313 e. The second-order valence-corrected chi connectivity index (χ2v) is 4.80. The van der Waals surface area contributed by atoms with E-state index < -0.39 is 0 Å². The fourth-order valence-electron chi connectivity index (χ4n) is 1.35. The summed E-state index contributed by atoms with van der Waals surface area (Å²) in [6, 6.07) is 6.51. The molecule has 0 aliphatic carbocycles. The van der Waals surface area contributed by atoms with Gasteiger partial charge in [0.2, 0.25) is 0 Å². The fraction of sp³-hybridized carbons (Fsp3) is 0.273. The molecule has 1 N–H and O–H groups in total. The predicted molar refractivity (Wildman–Crippen MR) is 68.5 cm³/mol. The average molecular weight is 319 g/mol. The molecular formula is C11H13Br2N. The Labute approximate surface area is 102 Å². The van der Waals surface area contributed by atoms with E-state index in [0.717, 1.165) is 15.4 Å². The molecule has 1 unspecified atom stereocenters. The minimum Gasteiger partial charge on any atom is -0.313 e. The third kappa shape index (κ3) is 2.94. The summed E-state index contributed by atoms with van der Waals surface area (Å²) < 4.78 is 2.22. The van der Waals surface area contributed by atoms with Crippen molar-refractivity contribution in [2.45, 2.75) is 12.5 Å². The highest BCUT2D eigenvalue weighted by Gasteiger charge is 2.10. The van der Waals surface area contributed by atoms with E-state index in [-0.39, 0.29) is 0 Å². The Morgan fingerprint density at radius 2 is 2.21 bits per heavy atom. The molecular weight excluding hydrogens is 306 g/mol. The lowest BCUT2D eigenvalue weighted by molar-refractivity contribution is 0.601.